The monoisotopic (exact) mass is 382 g/mol. The molecule has 1 atom stereocenters. The average molecular weight is 382 g/mol. The zero-order chi connectivity index (χ0) is 19.9. The molecule has 0 saturated carbocycles. The van der Waals surface area contributed by atoms with Gasteiger partial charge in [-0.15, -0.1) is 0 Å². The van der Waals surface area contributed by atoms with Crippen LogP contribution in [0.4, 0.5) is 10.5 Å². The number of unbranched alkanes of at least 4 members (excludes halogenated alkanes) is 1. The van der Waals surface area contributed by atoms with Gasteiger partial charge >= 0.3 is 6.09 Å². The Balaban J connectivity index is 1.76. The van der Waals surface area contributed by atoms with E-state index in [0.29, 0.717) is 24.4 Å². The smallest absolute Gasteiger partial charge is 0.414 e. The lowest BCUT2D eigenvalue weighted by molar-refractivity contribution is 0.0934. The van der Waals surface area contributed by atoms with Crippen molar-refractivity contribution in [3.05, 3.63) is 59.7 Å². The number of hydrogen-bond donors (Lipinski definition) is 1. The summed E-state index contributed by atoms with van der Waals surface area (Å²) < 4.78 is 10.2. The van der Waals surface area contributed by atoms with Crippen LogP contribution in [0.2, 0.25) is 0 Å². The van der Waals surface area contributed by atoms with Gasteiger partial charge in [0.2, 0.25) is 0 Å². The maximum Gasteiger partial charge on any atom is 0.414 e. The van der Waals surface area contributed by atoms with E-state index < -0.39 is 0 Å². The first-order chi connectivity index (χ1) is 13.6. The summed E-state index contributed by atoms with van der Waals surface area (Å²) in [6.07, 6.45) is 2.54. The Kier molecular flexibility index (Phi) is 6.53. The highest BCUT2D eigenvalue weighted by atomic mass is 16.6. The van der Waals surface area contributed by atoms with Crippen molar-refractivity contribution in [3.8, 4) is 5.75 Å². The number of methoxy groups -OCH3 is 1. The molecule has 1 aliphatic rings. The Morgan fingerprint density at radius 1 is 1.25 bits per heavy atom. The van der Waals surface area contributed by atoms with E-state index in [0.717, 1.165) is 30.6 Å². The number of hydrogen-bond acceptors (Lipinski definition) is 4. The maximum atomic E-state index is 12.9. The van der Waals surface area contributed by atoms with Crippen LogP contribution in [0.25, 0.3) is 0 Å². The molecule has 6 nitrogen and oxygen atoms in total. The highest BCUT2D eigenvalue weighted by Crippen LogP contribution is 2.24. The van der Waals surface area contributed by atoms with Crippen molar-refractivity contribution in [2.75, 3.05) is 25.2 Å². The second-order valence-corrected chi connectivity index (χ2v) is 6.76. The molecule has 0 spiro atoms. The number of nitrogens with zero attached hydrogens (tertiary/aromatic N) is 1. The van der Waals surface area contributed by atoms with Crippen molar-refractivity contribution in [1.29, 1.82) is 0 Å². The van der Waals surface area contributed by atoms with Gasteiger partial charge in [0.1, 0.15) is 12.4 Å². The van der Waals surface area contributed by atoms with Crippen LogP contribution in [-0.4, -0.2) is 32.3 Å². The molecule has 6 heteroatoms. The van der Waals surface area contributed by atoms with Crippen LogP contribution < -0.4 is 15.0 Å². The molecule has 0 aliphatic carbocycles. The first-order valence-electron chi connectivity index (χ1n) is 9.61. The first-order valence-corrected chi connectivity index (χ1v) is 9.61. The highest BCUT2D eigenvalue weighted by Gasteiger charge is 2.24. The van der Waals surface area contributed by atoms with Gasteiger partial charge in [-0.2, -0.15) is 0 Å². The molecule has 1 fully saturated rings. The summed E-state index contributed by atoms with van der Waals surface area (Å²) in [5.41, 5.74) is 2.23. The molecule has 0 aromatic heterocycles. The quantitative estimate of drug-likeness (QED) is 0.739. The molecule has 2 aromatic rings. The topological polar surface area (TPSA) is 67.9 Å². The summed E-state index contributed by atoms with van der Waals surface area (Å²) in [5.74, 6) is 0.626. The summed E-state index contributed by atoms with van der Waals surface area (Å²) >= 11 is 0. The number of rotatable bonds is 8. The zero-order valence-corrected chi connectivity index (χ0v) is 16.3. The van der Waals surface area contributed by atoms with Crippen LogP contribution in [0.3, 0.4) is 0 Å². The van der Waals surface area contributed by atoms with Gasteiger partial charge in [-0.25, -0.2) is 4.79 Å². The van der Waals surface area contributed by atoms with Crippen LogP contribution in [0.15, 0.2) is 48.5 Å². The molecule has 1 N–H and O–H groups in total. The number of amides is 2. The summed E-state index contributed by atoms with van der Waals surface area (Å²) in [7, 11) is 1.63. The van der Waals surface area contributed by atoms with Gasteiger partial charge in [0, 0.05) is 11.3 Å². The fraction of sp³-hybridized carbons (Fsp3) is 0.364. The fourth-order valence-electron chi connectivity index (χ4n) is 3.25. The molecule has 1 unspecified atom stereocenters. The van der Waals surface area contributed by atoms with Crippen molar-refractivity contribution in [2.45, 2.75) is 32.2 Å². The number of benzene rings is 2. The normalized spacial score (nSPS) is 14.5. The largest absolute Gasteiger partial charge is 0.497 e. The molecule has 0 radical (unpaired) electrons. The van der Waals surface area contributed by atoms with Crippen molar-refractivity contribution in [1.82, 2.24) is 5.32 Å². The van der Waals surface area contributed by atoms with E-state index in [1.165, 1.54) is 4.90 Å². The third-order valence-corrected chi connectivity index (χ3v) is 4.85. The molecule has 1 aliphatic heterocycles. The Bertz CT molecular complexity index is 820. The molecule has 28 heavy (non-hydrogen) atoms. The Labute approximate surface area is 165 Å². The zero-order valence-electron chi connectivity index (χ0n) is 16.3. The Morgan fingerprint density at radius 2 is 2.04 bits per heavy atom. The lowest BCUT2D eigenvalue weighted by Crippen LogP contribution is -2.29. The highest BCUT2D eigenvalue weighted by molar-refractivity contribution is 5.97. The lowest BCUT2D eigenvalue weighted by Gasteiger charge is -2.20. The maximum absolute atomic E-state index is 12.9. The van der Waals surface area contributed by atoms with Gasteiger partial charge in [-0.3, -0.25) is 9.69 Å². The van der Waals surface area contributed by atoms with E-state index in [2.05, 4.69) is 12.2 Å². The summed E-state index contributed by atoms with van der Waals surface area (Å²) in [4.78, 5) is 26.2. The van der Waals surface area contributed by atoms with Crippen molar-refractivity contribution in [3.63, 3.8) is 0 Å². The second kappa shape index (κ2) is 9.26. The molecule has 3 rings (SSSR count). The van der Waals surface area contributed by atoms with E-state index in [4.69, 9.17) is 9.47 Å². The predicted molar refractivity (Wildman–Crippen MR) is 108 cm³/mol. The van der Waals surface area contributed by atoms with Gasteiger partial charge in [-0.05, 0) is 42.3 Å². The van der Waals surface area contributed by atoms with E-state index >= 15 is 0 Å². The summed E-state index contributed by atoms with van der Waals surface area (Å²) in [5, 5.41) is 3.14. The van der Waals surface area contributed by atoms with E-state index in [-0.39, 0.29) is 18.0 Å². The first kappa shape index (κ1) is 19.7. The number of carbonyl (C=O) groups is 2. The van der Waals surface area contributed by atoms with E-state index in [9.17, 15) is 9.59 Å². The van der Waals surface area contributed by atoms with Crippen LogP contribution >= 0.6 is 0 Å². The molecule has 0 bridgehead atoms. The van der Waals surface area contributed by atoms with Crippen LogP contribution in [0.5, 0.6) is 5.75 Å². The SMILES string of the molecule is CCCCC(NC(=O)c1cccc(N2CCOC2=O)c1)c1ccc(OC)cc1. The predicted octanol–water partition coefficient (Wildman–Crippen LogP) is 4.31. The second-order valence-electron chi connectivity index (χ2n) is 6.76. The molecule has 2 amide bonds. The number of anilines is 1. The van der Waals surface area contributed by atoms with Gasteiger partial charge in [0.15, 0.2) is 0 Å². The van der Waals surface area contributed by atoms with Crippen LogP contribution in [-0.2, 0) is 4.74 Å². The minimum absolute atomic E-state index is 0.0845. The van der Waals surface area contributed by atoms with Crippen molar-refractivity contribution >= 4 is 17.7 Å². The van der Waals surface area contributed by atoms with E-state index in [1.807, 2.05) is 24.3 Å². The number of nitrogens with one attached hydrogen (secondary N) is 1. The average Bonchev–Trinajstić information content (AvgIpc) is 3.17. The van der Waals surface area contributed by atoms with Crippen LogP contribution in [0, 0.1) is 0 Å². The fourth-order valence-corrected chi connectivity index (χ4v) is 3.25. The third-order valence-electron chi connectivity index (χ3n) is 4.85. The number of ether oxygens (including phenoxy) is 2. The van der Waals surface area contributed by atoms with Gasteiger partial charge in [-0.1, -0.05) is 38.0 Å². The Morgan fingerprint density at radius 3 is 2.68 bits per heavy atom. The molecular weight excluding hydrogens is 356 g/mol. The number of carbonyl (C=O) groups excluding carboxylic acids is 2. The lowest BCUT2D eigenvalue weighted by atomic mass is 10.0. The molecule has 148 valence electrons. The van der Waals surface area contributed by atoms with E-state index in [1.54, 1.807) is 31.4 Å². The minimum atomic E-state index is -0.378. The molecule has 1 saturated heterocycles. The van der Waals surface area contributed by atoms with Gasteiger partial charge < -0.3 is 14.8 Å². The van der Waals surface area contributed by atoms with Gasteiger partial charge in [0.25, 0.3) is 5.91 Å². The number of cyclic esters (lactones) is 1. The van der Waals surface area contributed by atoms with Crippen molar-refractivity contribution < 1.29 is 19.1 Å². The van der Waals surface area contributed by atoms with Gasteiger partial charge in [0.05, 0.1) is 19.7 Å². The molecule has 2 aromatic carbocycles. The Hall–Kier alpha value is -3.02. The summed E-state index contributed by atoms with van der Waals surface area (Å²) in [6.45, 7) is 2.99. The third kappa shape index (κ3) is 4.63. The minimum Gasteiger partial charge on any atom is -0.497 e. The molecular formula is C22H26N2O4. The van der Waals surface area contributed by atoms with Crippen LogP contribution in [0.1, 0.15) is 48.1 Å². The summed E-state index contributed by atoms with van der Waals surface area (Å²) in [6, 6.07) is 14.8. The van der Waals surface area contributed by atoms with Crippen molar-refractivity contribution in [2.24, 2.45) is 0 Å². The molecule has 1 heterocycles. The standard InChI is InChI=1S/C22H26N2O4/c1-3-4-8-20(16-9-11-19(27-2)12-10-16)23-21(25)17-6-5-7-18(15-17)24-13-14-28-22(24)26/h5-7,9-12,15,20H,3-4,8,13-14H2,1-2H3,(H,23,25).